The number of nitrogens with zero attached hydrogens (tertiary/aromatic N) is 2. The molecule has 0 aromatic carbocycles. The zero-order chi connectivity index (χ0) is 11.0. The van der Waals surface area contributed by atoms with Crippen LogP contribution in [0.1, 0.15) is 19.5 Å². The van der Waals surface area contributed by atoms with Crippen molar-refractivity contribution in [3.63, 3.8) is 0 Å². The molecule has 1 aromatic heterocycles. The molecular weight excluding hydrogens is 248 g/mol. The zero-order valence-corrected chi connectivity index (χ0v) is 10.4. The van der Waals surface area contributed by atoms with E-state index in [9.17, 15) is 0 Å². The number of aryl methyl sites for hydroxylation is 1. The highest BCUT2D eigenvalue weighted by atomic mass is 79.9. The van der Waals surface area contributed by atoms with Crippen LogP contribution >= 0.6 is 15.9 Å². The van der Waals surface area contributed by atoms with Crippen LogP contribution in [-0.4, -0.2) is 28.1 Å². The van der Waals surface area contributed by atoms with E-state index in [0.717, 1.165) is 10.2 Å². The first kappa shape index (κ1) is 13.6. The van der Waals surface area contributed by atoms with E-state index in [4.69, 9.17) is 9.84 Å². The lowest BCUT2D eigenvalue weighted by Crippen LogP contribution is -2.04. The molecule has 0 atom stereocenters. The Kier molecular flexibility index (Phi) is 7.74. The van der Waals surface area contributed by atoms with E-state index >= 15 is 0 Å². The average molecular weight is 265 g/mol. The third-order valence-corrected chi connectivity index (χ3v) is 2.15. The summed E-state index contributed by atoms with van der Waals surface area (Å²) in [5.41, 5.74) is 0.975. The molecule has 0 radical (unpaired) electrons. The lowest BCUT2D eigenvalue weighted by molar-refractivity contribution is 0.0776. The highest BCUT2D eigenvalue weighted by Gasteiger charge is 2.04. The molecule has 0 bridgehead atoms. The summed E-state index contributed by atoms with van der Waals surface area (Å²) < 4.78 is 7.82. The molecule has 1 heterocycles. The first-order chi connectivity index (χ1) is 6.75. The summed E-state index contributed by atoms with van der Waals surface area (Å²) in [5.74, 6) is 0. The monoisotopic (exact) mass is 264 g/mol. The van der Waals surface area contributed by atoms with Crippen LogP contribution < -0.4 is 0 Å². The summed E-state index contributed by atoms with van der Waals surface area (Å²) in [6.07, 6.45) is 1.72. The number of halogens is 1. The van der Waals surface area contributed by atoms with Crippen molar-refractivity contribution >= 4 is 15.9 Å². The molecule has 1 rings (SSSR count). The molecule has 0 aliphatic rings. The van der Waals surface area contributed by atoms with Crippen LogP contribution in [0, 0.1) is 0 Å². The Balaban J connectivity index is 0.000000791. The summed E-state index contributed by atoms with van der Waals surface area (Å²) >= 11 is 3.34. The summed E-state index contributed by atoms with van der Waals surface area (Å²) in [6.45, 7) is 4.88. The van der Waals surface area contributed by atoms with Crippen molar-refractivity contribution in [3.05, 3.63) is 16.4 Å². The van der Waals surface area contributed by atoms with Gasteiger partial charge in [-0.3, -0.25) is 4.68 Å². The second-order valence-electron chi connectivity index (χ2n) is 2.34. The van der Waals surface area contributed by atoms with E-state index in [1.807, 2.05) is 20.9 Å². The minimum Gasteiger partial charge on any atom is -0.394 e. The van der Waals surface area contributed by atoms with Gasteiger partial charge in [-0.05, 0) is 15.9 Å². The van der Waals surface area contributed by atoms with Crippen molar-refractivity contribution < 1.29 is 9.84 Å². The van der Waals surface area contributed by atoms with E-state index in [0.29, 0.717) is 13.2 Å². The van der Waals surface area contributed by atoms with Gasteiger partial charge >= 0.3 is 0 Å². The molecule has 4 nitrogen and oxygen atoms in total. The number of rotatable bonds is 4. The Hall–Kier alpha value is -0.390. The van der Waals surface area contributed by atoms with Crippen molar-refractivity contribution in [3.8, 4) is 0 Å². The molecule has 0 fully saturated rings. The summed E-state index contributed by atoms with van der Waals surface area (Å²) in [6, 6.07) is 0. The molecule has 5 heteroatoms. The molecule has 0 aliphatic carbocycles. The number of ether oxygens (including phenoxy) is 1. The van der Waals surface area contributed by atoms with Gasteiger partial charge in [0.15, 0.2) is 0 Å². The summed E-state index contributed by atoms with van der Waals surface area (Å²) in [4.78, 5) is 0. The maximum atomic E-state index is 8.47. The molecule has 0 saturated heterocycles. The van der Waals surface area contributed by atoms with Crippen molar-refractivity contribution in [2.24, 2.45) is 7.05 Å². The standard InChI is InChI=1S/C7H11BrN2O2.C2H6/c1-10-7(5-12-3-2-11)6(8)4-9-10;1-2/h4,11H,2-3,5H2,1H3;1-2H3. The van der Waals surface area contributed by atoms with Crippen LogP contribution in [0.15, 0.2) is 10.7 Å². The van der Waals surface area contributed by atoms with E-state index < -0.39 is 0 Å². The summed E-state index contributed by atoms with van der Waals surface area (Å²) in [5, 5.41) is 12.5. The van der Waals surface area contributed by atoms with E-state index in [1.165, 1.54) is 0 Å². The molecule has 0 saturated carbocycles. The van der Waals surface area contributed by atoms with Crippen LogP contribution in [0.25, 0.3) is 0 Å². The topological polar surface area (TPSA) is 47.3 Å². The van der Waals surface area contributed by atoms with E-state index in [-0.39, 0.29) is 6.61 Å². The molecule has 14 heavy (non-hydrogen) atoms. The van der Waals surface area contributed by atoms with Gasteiger partial charge in [0.1, 0.15) is 0 Å². The quantitative estimate of drug-likeness (QED) is 0.843. The van der Waals surface area contributed by atoms with Gasteiger partial charge in [-0.2, -0.15) is 5.10 Å². The average Bonchev–Trinajstić information content (AvgIpc) is 2.52. The van der Waals surface area contributed by atoms with Gasteiger partial charge < -0.3 is 9.84 Å². The maximum absolute atomic E-state index is 8.47. The van der Waals surface area contributed by atoms with Crippen molar-refractivity contribution in [1.29, 1.82) is 0 Å². The molecule has 0 amide bonds. The Bertz CT molecular complexity index is 231. The minimum absolute atomic E-state index is 0.0511. The molecule has 82 valence electrons. The fourth-order valence-corrected chi connectivity index (χ4v) is 1.29. The molecule has 0 spiro atoms. The van der Waals surface area contributed by atoms with Crippen LogP contribution in [0.2, 0.25) is 0 Å². The number of hydrogen-bond donors (Lipinski definition) is 1. The molecule has 0 unspecified atom stereocenters. The van der Waals surface area contributed by atoms with Crippen molar-refractivity contribution in [2.75, 3.05) is 13.2 Å². The van der Waals surface area contributed by atoms with Crippen LogP contribution in [0.5, 0.6) is 0 Å². The summed E-state index contributed by atoms with van der Waals surface area (Å²) in [7, 11) is 1.85. The third kappa shape index (κ3) is 4.21. The van der Waals surface area contributed by atoms with E-state index in [2.05, 4.69) is 21.0 Å². The zero-order valence-electron chi connectivity index (χ0n) is 8.83. The number of hydrogen-bond acceptors (Lipinski definition) is 3. The second kappa shape index (κ2) is 7.96. The lowest BCUT2D eigenvalue weighted by atomic mass is 10.4. The number of aliphatic hydroxyl groups excluding tert-OH is 1. The van der Waals surface area contributed by atoms with Gasteiger partial charge in [0.05, 0.1) is 36.2 Å². The lowest BCUT2D eigenvalue weighted by Gasteiger charge is -2.02. The minimum atomic E-state index is 0.0511. The molecule has 1 N–H and O–H groups in total. The Morgan fingerprint density at radius 3 is 2.64 bits per heavy atom. The van der Waals surface area contributed by atoms with Gasteiger partial charge in [-0.15, -0.1) is 0 Å². The van der Waals surface area contributed by atoms with Crippen LogP contribution in [0.3, 0.4) is 0 Å². The van der Waals surface area contributed by atoms with Crippen LogP contribution in [0.4, 0.5) is 0 Å². The number of aliphatic hydroxyl groups is 1. The predicted molar refractivity (Wildman–Crippen MR) is 59.0 cm³/mol. The van der Waals surface area contributed by atoms with Gasteiger partial charge in [-0.1, -0.05) is 13.8 Å². The molecule has 0 aliphatic heterocycles. The second-order valence-corrected chi connectivity index (χ2v) is 3.19. The fourth-order valence-electron chi connectivity index (χ4n) is 0.832. The van der Waals surface area contributed by atoms with E-state index in [1.54, 1.807) is 10.9 Å². The Morgan fingerprint density at radius 2 is 2.21 bits per heavy atom. The third-order valence-electron chi connectivity index (χ3n) is 1.49. The van der Waals surface area contributed by atoms with Crippen LogP contribution in [-0.2, 0) is 18.4 Å². The highest BCUT2D eigenvalue weighted by molar-refractivity contribution is 9.10. The van der Waals surface area contributed by atoms with Gasteiger partial charge in [0, 0.05) is 7.05 Å². The van der Waals surface area contributed by atoms with Gasteiger partial charge in [-0.25, -0.2) is 0 Å². The molecule has 1 aromatic rings. The number of aromatic nitrogens is 2. The molecular formula is C9H17BrN2O2. The van der Waals surface area contributed by atoms with Gasteiger partial charge in [0.25, 0.3) is 0 Å². The largest absolute Gasteiger partial charge is 0.394 e. The SMILES string of the molecule is CC.Cn1ncc(Br)c1COCCO. The Morgan fingerprint density at radius 1 is 1.57 bits per heavy atom. The first-order valence-electron chi connectivity index (χ1n) is 4.60. The Labute approximate surface area is 93.0 Å². The first-order valence-corrected chi connectivity index (χ1v) is 5.40. The van der Waals surface area contributed by atoms with Crippen molar-refractivity contribution in [1.82, 2.24) is 9.78 Å². The van der Waals surface area contributed by atoms with Crippen molar-refractivity contribution in [2.45, 2.75) is 20.5 Å². The fraction of sp³-hybridized carbons (Fsp3) is 0.667. The smallest absolute Gasteiger partial charge is 0.0897 e. The predicted octanol–water partition coefficient (Wildman–Crippen LogP) is 1.72. The normalized spacial score (nSPS) is 9.50. The highest BCUT2D eigenvalue weighted by Crippen LogP contribution is 2.15. The van der Waals surface area contributed by atoms with Gasteiger partial charge in [0.2, 0.25) is 0 Å². The maximum Gasteiger partial charge on any atom is 0.0897 e.